The first-order valence-corrected chi connectivity index (χ1v) is 7.47. The number of likely N-dealkylation sites (N-methyl/N-ethyl adjacent to an activating group) is 1. The highest BCUT2D eigenvalue weighted by atomic mass is 79.9. The molecule has 0 saturated carbocycles. The van der Waals surface area contributed by atoms with Crippen LogP contribution in [0.1, 0.15) is 19.3 Å². The minimum Gasteiger partial charge on any atom is -0.357 e. The van der Waals surface area contributed by atoms with Gasteiger partial charge < -0.3 is 14.6 Å². The summed E-state index contributed by atoms with van der Waals surface area (Å²) in [5.41, 5.74) is 0.781. The minimum absolute atomic E-state index is 0.0381. The average Bonchev–Trinajstić information content (AvgIpc) is 2.93. The molecule has 1 aliphatic rings. The second kappa shape index (κ2) is 5.40. The van der Waals surface area contributed by atoms with Gasteiger partial charge in [-0.15, -0.1) is 0 Å². The molecule has 3 rings (SSSR count). The van der Waals surface area contributed by atoms with Crippen molar-refractivity contribution in [2.24, 2.45) is 0 Å². The Morgan fingerprint density at radius 1 is 1.50 bits per heavy atom. The number of hydrogen-bond acceptors (Lipinski definition) is 4. The number of imidazole rings is 1. The van der Waals surface area contributed by atoms with Crippen LogP contribution in [0.25, 0.3) is 5.65 Å². The summed E-state index contributed by atoms with van der Waals surface area (Å²) in [6.07, 6.45) is 8.46. The van der Waals surface area contributed by atoms with Gasteiger partial charge >= 0.3 is 0 Å². The van der Waals surface area contributed by atoms with E-state index >= 15 is 0 Å². The van der Waals surface area contributed by atoms with E-state index in [9.17, 15) is 4.79 Å². The largest absolute Gasteiger partial charge is 0.357 e. The van der Waals surface area contributed by atoms with Crippen LogP contribution in [-0.2, 0) is 4.79 Å². The number of carbonyl (C=O) groups excluding carboxylic acids is 1. The SMILES string of the molecule is CNC(=O)C1CCCCN1c1nc(Br)cn2ccnc12. The zero-order chi connectivity index (χ0) is 14.1. The molecule has 1 atom stereocenters. The van der Waals surface area contributed by atoms with Crippen molar-refractivity contribution >= 4 is 33.3 Å². The van der Waals surface area contributed by atoms with Crippen LogP contribution in [0.5, 0.6) is 0 Å². The lowest BCUT2D eigenvalue weighted by Gasteiger charge is -2.35. The second-order valence-corrected chi connectivity index (χ2v) is 5.68. The van der Waals surface area contributed by atoms with E-state index in [1.807, 2.05) is 16.8 Å². The lowest BCUT2D eigenvalue weighted by Crippen LogP contribution is -2.49. The number of hydrogen-bond donors (Lipinski definition) is 1. The maximum atomic E-state index is 12.1. The van der Waals surface area contributed by atoms with Crippen molar-refractivity contribution in [2.45, 2.75) is 25.3 Å². The summed E-state index contributed by atoms with van der Waals surface area (Å²) < 4.78 is 2.65. The first-order valence-electron chi connectivity index (χ1n) is 6.68. The molecule has 1 amide bonds. The molecule has 2 aromatic rings. The third-order valence-electron chi connectivity index (χ3n) is 3.65. The van der Waals surface area contributed by atoms with Crippen molar-refractivity contribution in [3.63, 3.8) is 0 Å². The number of carbonyl (C=O) groups is 1. The predicted octanol–water partition coefficient (Wildman–Crippen LogP) is 1.60. The lowest BCUT2D eigenvalue weighted by molar-refractivity contribution is -0.122. The fourth-order valence-corrected chi connectivity index (χ4v) is 3.09. The van der Waals surface area contributed by atoms with Gasteiger partial charge in [-0.1, -0.05) is 0 Å². The molecule has 106 valence electrons. The average molecular weight is 338 g/mol. The third-order valence-corrected chi connectivity index (χ3v) is 4.03. The highest BCUT2D eigenvalue weighted by molar-refractivity contribution is 9.10. The molecule has 3 heterocycles. The lowest BCUT2D eigenvalue weighted by atomic mass is 10.0. The monoisotopic (exact) mass is 337 g/mol. The number of anilines is 1. The summed E-state index contributed by atoms with van der Waals surface area (Å²) in [5, 5.41) is 2.74. The van der Waals surface area contributed by atoms with Crippen molar-refractivity contribution < 1.29 is 4.79 Å². The van der Waals surface area contributed by atoms with Crippen LogP contribution < -0.4 is 10.2 Å². The van der Waals surface area contributed by atoms with E-state index in [1.54, 1.807) is 13.2 Å². The number of rotatable bonds is 2. The standard InChI is InChI=1S/C13H16BrN5O/c1-15-13(20)9-4-2-3-6-19(9)12-11-16-5-7-18(11)8-10(14)17-12/h5,7-9H,2-4,6H2,1H3,(H,15,20). The smallest absolute Gasteiger partial charge is 0.242 e. The molecule has 2 aromatic heterocycles. The van der Waals surface area contributed by atoms with Crippen molar-refractivity contribution in [1.82, 2.24) is 19.7 Å². The Morgan fingerprint density at radius 3 is 3.15 bits per heavy atom. The molecule has 1 aliphatic heterocycles. The van der Waals surface area contributed by atoms with Crippen LogP contribution in [0, 0.1) is 0 Å². The van der Waals surface area contributed by atoms with E-state index in [0.29, 0.717) is 0 Å². The van der Waals surface area contributed by atoms with Gasteiger partial charge in [-0.2, -0.15) is 0 Å². The Balaban J connectivity index is 2.07. The summed E-state index contributed by atoms with van der Waals surface area (Å²) in [5.74, 6) is 0.800. The normalized spacial score (nSPS) is 19.3. The predicted molar refractivity (Wildman–Crippen MR) is 79.7 cm³/mol. The minimum atomic E-state index is -0.170. The van der Waals surface area contributed by atoms with Gasteiger partial charge in [-0.25, -0.2) is 9.97 Å². The van der Waals surface area contributed by atoms with Gasteiger partial charge in [0, 0.05) is 32.2 Å². The Kier molecular flexibility index (Phi) is 3.60. The van der Waals surface area contributed by atoms with Gasteiger partial charge in [-0.3, -0.25) is 4.79 Å². The van der Waals surface area contributed by atoms with Gasteiger partial charge in [0.2, 0.25) is 5.91 Å². The molecule has 1 fully saturated rings. The first kappa shape index (κ1) is 13.4. The molecule has 0 bridgehead atoms. The van der Waals surface area contributed by atoms with Gasteiger partial charge in [0.25, 0.3) is 0 Å². The van der Waals surface area contributed by atoms with Crippen LogP contribution in [0.15, 0.2) is 23.2 Å². The molecular formula is C13H16BrN5O. The zero-order valence-electron chi connectivity index (χ0n) is 11.2. The summed E-state index contributed by atoms with van der Waals surface area (Å²) in [4.78, 5) is 23.1. The fraction of sp³-hybridized carbons (Fsp3) is 0.462. The number of amides is 1. The third kappa shape index (κ3) is 2.26. The number of piperidine rings is 1. The van der Waals surface area contributed by atoms with Crippen molar-refractivity contribution in [1.29, 1.82) is 0 Å². The van der Waals surface area contributed by atoms with E-state index < -0.39 is 0 Å². The van der Waals surface area contributed by atoms with Crippen LogP contribution in [0.2, 0.25) is 0 Å². The zero-order valence-corrected chi connectivity index (χ0v) is 12.8. The van der Waals surface area contributed by atoms with E-state index in [0.717, 1.165) is 41.9 Å². The first-order chi connectivity index (χ1) is 9.70. The van der Waals surface area contributed by atoms with Crippen molar-refractivity contribution in [3.05, 3.63) is 23.2 Å². The van der Waals surface area contributed by atoms with E-state index in [-0.39, 0.29) is 11.9 Å². The van der Waals surface area contributed by atoms with Gasteiger partial charge in [-0.05, 0) is 35.2 Å². The molecule has 6 nitrogen and oxygen atoms in total. The second-order valence-electron chi connectivity index (χ2n) is 4.86. The highest BCUT2D eigenvalue weighted by Crippen LogP contribution is 2.27. The van der Waals surface area contributed by atoms with Crippen LogP contribution in [0.4, 0.5) is 5.82 Å². The molecule has 0 spiro atoms. The molecule has 1 N–H and O–H groups in total. The summed E-state index contributed by atoms with van der Waals surface area (Å²) in [6.45, 7) is 0.823. The van der Waals surface area contributed by atoms with Crippen LogP contribution >= 0.6 is 15.9 Å². The molecular weight excluding hydrogens is 322 g/mol. The van der Waals surface area contributed by atoms with Crippen molar-refractivity contribution in [2.75, 3.05) is 18.5 Å². The Bertz CT molecular complexity index is 641. The summed E-state index contributed by atoms with van der Waals surface area (Å²) >= 11 is 3.42. The van der Waals surface area contributed by atoms with Crippen molar-refractivity contribution in [3.8, 4) is 0 Å². The maximum Gasteiger partial charge on any atom is 0.242 e. The fourth-order valence-electron chi connectivity index (χ4n) is 2.70. The quantitative estimate of drug-likeness (QED) is 0.904. The Labute approximate surface area is 125 Å². The molecule has 0 radical (unpaired) electrons. The topological polar surface area (TPSA) is 62.5 Å². The number of nitrogens with one attached hydrogen (secondary N) is 1. The number of halogens is 1. The summed E-state index contributed by atoms with van der Waals surface area (Å²) in [7, 11) is 1.68. The van der Waals surface area contributed by atoms with Crippen LogP contribution in [-0.4, -0.2) is 39.9 Å². The molecule has 1 saturated heterocycles. The highest BCUT2D eigenvalue weighted by Gasteiger charge is 2.30. The summed E-state index contributed by atoms with van der Waals surface area (Å²) in [6, 6.07) is -0.170. The molecule has 1 unspecified atom stereocenters. The maximum absolute atomic E-state index is 12.1. The van der Waals surface area contributed by atoms with Crippen LogP contribution in [0.3, 0.4) is 0 Å². The number of fused-ring (bicyclic) bond motifs is 1. The molecule has 0 aliphatic carbocycles. The van der Waals surface area contributed by atoms with E-state index in [4.69, 9.17) is 0 Å². The van der Waals surface area contributed by atoms with Gasteiger partial charge in [0.1, 0.15) is 10.6 Å². The number of aromatic nitrogens is 3. The molecule has 0 aromatic carbocycles. The molecule has 7 heteroatoms. The van der Waals surface area contributed by atoms with Gasteiger partial charge in [0.05, 0.1) is 0 Å². The van der Waals surface area contributed by atoms with E-state index in [1.165, 1.54) is 0 Å². The Morgan fingerprint density at radius 2 is 2.35 bits per heavy atom. The number of nitrogens with zero attached hydrogens (tertiary/aromatic N) is 4. The Hall–Kier alpha value is -1.63. The van der Waals surface area contributed by atoms with Gasteiger partial charge in [0.15, 0.2) is 11.5 Å². The van der Waals surface area contributed by atoms with E-state index in [2.05, 4.69) is 36.1 Å². The molecule has 20 heavy (non-hydrogen) atoms.